The number of likely N-dealkylation sites (tertiary alicyclic amines) is 1. The molecule has 1 amide bonds. The summed E-state index contributed by atoms with van der Waals surface area (Å²) in [6.45, 7) is 16.6. The lowest BCUT2D eigenvalue weighted by atomic mass is 10.1. The second-order valence-electron chi connectivity index (χ2n) is 9.47. The smallest absolute Gasteiger partial charge is 0.410 e. The molecule has 1 aliphatic rings. The van der Waals surface area contributed by atoms with Crippen LogP contribution in [0.4, 0.5) is 4.79 Å². The van der Waals surface area contributed by atoms with E-state index in [1.54, 1.807) is 4.90 Å². The first-order chi connectivity index (χ1) is 11.4. The Bertz CT molecular complexity index is 606. The molecule has 1 rings (SSSR count). The first-order valence-electron chi connectivity index (χ1n) is 8.95. The SMILES string of the molecule is CC(C)(C)OC(=O)N1CC[C@@H](OS(C)(=O)=O)C(O[Si](C)(C)C(C)(C)C)C1. The molecular formula is C17H35NO6SSi. The molecule has 1 heterocycles. The number of hydrogen-bond donors (Lipinski definition) is 0. The summed E-state index contributed by atoms with van der Waals surface area (Å²) in [5, 5.41) is -0.0448. The topological polar surface area (TPSA) is 82.1 Å². The molecule has 0 aliphatic carbocycles. The number of rotatable bonds is 4. The second-order valence-corrected chi connectivity index (χ2v) is 15.8. The molecule has 1 unspecified atom stereocenters. The van der Waals surface area contributed by atoms with Gasteiger partial charge in [0.1, 0.15) is 11.7 Å². The molecule has 0 spiro atoms. The number of hydrogen-bond acceptors (Lipinski definition) is 6. The number of ether oxygens (including phenoxy) is 1. The lowest BCUT2D eigenvalue weighted by Gasteiger charge is -2.44. The Morgan fingerprint density at radius 1 is 1.08 bits per heavy atom. The van der Waals surface area contributed by atoms with Crippen molar-refractivity contribution >= 4 is 24.5 Å². The van der Waals surface area contributed by atoms with E-state index < -0.39 is 42.3 Å². The van der Waals surface area contributed by atoms with Gasteiger partial charge in [0.05, 0.1) is 18.9 Å². The summed E-state index contributed by atoms with van der Waals surface area (Å²) in [6, 6.07) is 0. The molecule has 1 aliphatic heterocycles. The van der Waals surface area contributed by atoms with Gasteiger partial charge in [-0.05, 0) is 45.3 Å². The summed E-state index contributed by atoms with van der Waals surface area (Å²) in [5.74, 6) is 0. The maximum atomic E-state index is 12.4. The Kier molecular flexibility index (Phi) is 6.99. The minimum atomic E-state index is -3.61. The molecule has 0 bridgehead atoms. The van der Waals surface area contributed by atoms with Crippen molar-refractivity contribution in [3.63, 3.8) is 0 Å². The zero-order valence-corrected chi connectivity index (χ0v) is 19.4. The molecule has 0 radical (unpaired) electrons. The minimum Gasteiger partial charge on any atom is -0.444 e. The molecule has 0 aromatic rings. The number of carbonyl (C=O) groups is 1. The van der Waals surface area contributed by atoms with Gasteiger partial charge in [-0.1, -0.05) is 20.8 Å². The van der Waals surface area contributed by atoms with Crippen LogP contribution < -0.4 is 0 Å². The van der Waals surface area contributed by atoms with Gasteiger partial charge >= 0.3 is 6.09 Å². The van der Waals surface area contributed by atoms with E-state index in [9.17, 15) is 13.2 Å². The molecule has 1 saturated heterocycles. The van der Waals surface area contributed by atoms with Crippen LogP contribution in [-0.2, 0) is 23.5 Å². The van der Waals surface area contributed by atoms with E-state index >= 15 is 0 Å². The summed E-state index contributed by atoms with van der Waals surface area (Å²) in [5.41, 5.74) is -0.590. The molecule has 9 heteroatoms. The van der Waals surface area contributed by atoms with E-state index in [0.29, 0.717) is 13.0 Å². The Morgan fingerprint density at radius 2 is 1.62 bits per heavy atom. The van der Waals surface area contributed by atoms with Crippen molar-refractivity contribution in [2.24, 2.45) is 0 Å². The summed E-state index contributed by atoms with van der Waals surface area (Å²) in [6.07, 6.45) is -0.105. The molecule has 26 heavy (non-hydrogen) atoms. The van der Waals surface area contributed by atoms with Crippen LogP contribution in [0, 0.1) is 0 Å². The third-order valence-electron chi connectivity index (χ3n) is 4.70. The lowest BCUT2D eigenvalue weighted by molar-refractivity contribution is -0.0301. The van der Waals surface area contributed by atoms with Crippen molar-refractivity contribution in [2.75, 3.05) is 19.3 Å². The van der Waals surface area contributed by atoms with E-state index in [0.717, 1.165) is 6.26 Å². The first kappa shape index (κ1) is 23.4. The van der Waals surface area contributed by atoms with Gasteiger partial charge in [0, 0.05) is 6.54 Å². The number of carbonyl (C=O) groups excluding carboxylic acids is 1. The molecule has 0 N–H and O–H groups in total. The third-order valence-corrected chi connectivity index (χ3v) is 9.80. The lowest BCUT2D eigenvalue weighted by Crippen LogP contribution is -2.56. The molecule has 7 nitrogen and oxygen atoms in total. The predicted octanol–water partition coefficient (Wildman–Crippen LogP) is 3.36. The predicted molar refractivity (Wildman–Crippen MR) is 104 cm³/mol. The van der Waals surface area contributed by atoms with Crippen molar-refractivity contribution < 1.29 is 26.6 Å². The third kappa shape index (κ3) is 7.17. The Morgan fingerprint density at radius 3 is 2.04 bits per heavy atom. The highest BCUT2D eigenvalue weighted by Gasteiger charge is 2.44. The summed E-state index contributed by atoms with van der Waals surface area (Å²) < 4.78 is 40.4. The molecule has 2 atom stereocenters. The Labute approximate surface area is 159 Å². The van der Waals surface area contributed by atoms with E-state index in [4.69, 9.17) is 13.3 Å². The summed E-state index contributed by atoms with van der Waals surface area (Å²) in [4.78, 5) is 14.0. The zero-order valence-electron chi connectivity index (χ0n) is 17.6. The fourth-order valence-corrected chi connectivity index (χ4v) is 4.40. The van der Waals surface area contributed by atoms with Gasteiger partial charge in [0.15, 0.2) is 8.32 Å². The summed E-state index contributed by atoms with van der Waals surface area (Å²) >= 11 is 0. The van der Waals surface area contributed by atoms with Gasteiger partial charge in [-0.25, -0.2) is 4.79 Å². The van der Waals surface area contributed by atoms with Crippen LogP contribution in [-0.4, -0.2) is 64.9 Å². The van der Waals surface area contributed by atoms with Crippen LogP contribution in [0.2, 0.25) is 18.1 Å². The van der Waals surface area contributed by atoms with Crippen molar-refractivity contribution in [1.29, 1.82) is 0 Å². The Hall–Kier alpha value is -0.643. The standard InChI is InChI=1S/C17H35NO6SSi/c1-16(2,3)22-15(19)18-11-10-13(23-25(7,20)21)14(12-18)24-26(8,9)17(4,5)6/h13-14H,10-12H2,1-9H3/t13-,14?/m1/s1. The second kappa shape index (κ2) is 7.77. The molecule has 0 aromatic carbocycles. The van der Waals surface area contributed by atoms with Crippen molar-refractivity contribution in [2.45, 2.75) is 83.9 Å². The quantitative estimate of drug-likeness (QED) is 0.523. The average Bonchev–Trinajstić information content (AvgIpc) is 2.35. The fraction of sp³-hybridized carbons (Fsp3) is 0.941. The molecule has 1 fully saturated rings. The average molecular weight is 410 g/mol. The van der Waals surface area contributed by atoms with Crippen LogP contribution in [0.1, 0.15) is 48.0 Å². The normalized spacial score (nSPS) is 23.0. The largest absolute Gasteiger partial charge is 0.444 e. The van der Waals surface area contributed by atoms with Gasteiger partial charge in [-0.15, -0.1) is 0 Å². The van der Waals surface area contributed by atoms with Crippen LogP contribution in [0.3, 0.4) is 0 Å². The number of amides is 1. The van der Waals surface area contributed by atoms with Crippen molar-refractivity contribution in [3.05, 3.63) is 0 Å². The van der Waals surface area contributed by atoms with E-state index in [1.807, 2.05) is 20.8 Å². The van der Waals surface area contributed by atoms with Crippen molar-refractivity contribution in [3.8, 4) is 0 Å². The van der Waals surface area contributed by atoms with Gasteiger partial charge in [-0.3, -0.25) is 4.18 Å². The van der Waals surface area contributed by atoms with Gasteiger partial charge in [0.25, 0.3) is 10.1 Å². The van der Waals surface area contributed by atoms with Crippen LogP contribution >= 0.6 is 0 Å². The molecule has 0 aromatic heterocycles. The number of nitrogens with zero attached hydrogens (tertiary/aromatic N) is 1. The molecule has 154 valence electrons. The Balaban J connectivity index is 3.00. The maximum absolute atomic E-state index is 12.4. The van der Waals surface area contributed by atoms with Gasteiger partial charge in [-0.2, -0.15) is 8.42 Å². The molecular weight excluding hydrogens is 374 g/mol. The fourth-order valence-electron chi connectivity index (χ4n) is 2.39. The highest BCUT2D eigenvalue weighted by atomic mass is 32.2. The monoisotopic (exact) mass is 409 g/mol. The highest BCUT2D eigenvalue weighted by Crippen LogP contribution is 2.38. The molecule has 0 saturated carbocycles. The van der Waals surface area contributed by atoms with Crippen LogP contribution in [0.15, 0.2) is 0 Å². The van der Waals surface area contributed by atoms with Gasteiger partial charge in [0.2, 0.25) is 0 Å². The summed E-state index contributed by atoms with van der Waals surface area (Å²) in [7, 11) is -5.79. The minimum absolute atomic E-state index is 0.0448. The van der Waals surface area contributed by atoms with Gasteiger partial charge < -0.3 is 14.1 Å². The van der Waals surface area contributed by atoms with Crippen LogP contribution in [0.5, 0.6) is 0 Å². The first-order valence-corrected chi connectivity index (χ1v) is 13.7. The zero-order chi connectivity index (χ0) is 20.6. The maximum Gasteiger partial charge on any atom is 0.410 e. The van der Waals surface area contributed by atoms with E-state index in [2.05, 4.69) is 33.9 Å². The highest BCUT2D eigenvalue weighted by molar-refractivity contribution is 7.86. The van der Waals surface area contributed by atoms with E-state index in [1.165, 1.54) is 0 Å². The number of piperidine rings is 1. The van der Waals surface area contributed by atoms with Crippen molar-refractivity contribution in [1.82, 2.24) is 4.90 Å². The van der Waals surface area contributed by atoms with Crippen LogP contribution in [0.25, 0.3) is 0 Å². The van der Waals surface area contributed by atoms with E-state index in [-0.39, 0.29) is 11.6 Å².